The molecule has 0 spiro atoms. The third-order valence-electron chi connectivity index (χ3n) is 4.61. The zero-order chi connectivity index (χ0) is 23.2. The Bertz CT molecular complexity index is 1030. The van der Waals surface area contributed by atoms with Crippen molar-refractivity contribution in [1.82, 2.24) is 5.01 Å². The highest BCUT2D eigenvalue weighted by Crippen LogP contribution is 2.54. The maximum absolute atomic E-state index is 14.7. The Morgan fingerprint density at radius 1 is 1.00 bits per heavy atom. The number of alkyl halides is 7. The second kappa shape index (κ2) is 7.59. The van der Waals surface area contributed by atoms with Gasteiger partial charge in [0.2, 0.25) is 5.72 Å². The van der Waals surface area contributed by atoms with Crippen LogP contribution in [0.25, 0.3) is 0 Å². The smallest absolute Gasteiger partial charge is 0.364 e. The van der Waals surface area contributed by atoms with Crippen LogP contribution in [-0.4, -0.2) is 45.5 Å². The molecular weight excluding hydrogens is 501 g/mol. The summed E-state index contributed by atoms with van der Waals surface area (Å²) in [6, 6.07) is 12.0. The van der Waals surface area contributed by atoms with E-state index in [0.29, 0.717) is 4.47 Å². The van der Waals surface area contributed by atoms with Gasteiger partial charge in [0.1, 0.15) is 0 Å². The highest BCUT2D eigenvalue weighted by Gasteiger charge is 2.82. The van der Waals surface area contributed by atoms with E-state index < -0.39 is 46.8 Å². The van der Waals surface area contributed by atoms with Gasteiger partial charge in [-0.25, -0.2) is 0 Å². The normalized spacial score (nSPS) is 20.0. The van der Waals surface area contributed by atoms with Crippen LogP contribution in [0.3, 0.4) is 0 Å². The maximum atomic E-state index is 14.7. The van der Waals surface area contributed by atoms with Crippen LogP contribution in [0.4, 0.5) is 30.7 Å². The van der Waals surface area contributed by atoms with E-state index in [0.717, 1.165) is 12.1 Å². The van der Waals surface area contributed by atoms with E-state index in [9.17, 15) is 40.6 Å². The lowest BCUT2D eigenvalue weighted by Gasteiger charge is -2.41. The SMILES string of the molecule is O=C(c1cccc(Br)c1)N1N=C(c2ccccc2)CC1(O)C(F)(F)C(F)(F)C(F)(F)F. The van der Waals surface area contributed by atoms with Crippen molar-refractivity contribution in [3.05, 3.63) is 70.2 Å². The van der Waals surface area contributed by atoms with Crippen LogP contribution in [0.1, 0.15) is 22.3 Å². The molecule has 2 aromatic carbocycles. The Morgan fingerprint density at radius 3 is 2.16 bits per heavy atom. The first kappa shape index (κ1) is 23.2. The lowest BCUT2D eigenvalue weighted by molar-refractivity contribution is -0.400. The van der Waals surface area contributed by atoms with E-state index in [4.69, 9.17) is 0 Å². The summed E-state index contributed by atoms with van der Waals surface area (Å²) < 4.78 is 95.6. The quantitative estimate of drug-likeness (QED) is 0.571. The molecular formula is C19H12BrF7N2O2. The Kier molecular flexibility index (Phi) is 5.68. The van der Waals surface area contributed by atoms with Crippen molar-refractivity contribution in [2.75, 3.05) is 0 Å². The molecule has 0 bridgehead atoms. The molecule has 0 saturated carbocycles. The van der Waals surface area contributed by atoms with Crippen molar-refractivity contribution in [2.45, 2.75) is 30.2 Å². The van der Waals surface area contributed by atoms with E-state index in [1.165, 1.54) is 42.5 Å². The van der Waals surface area contributed by atoms with Crippen molar-refractivity contribution in [3.8, 4) is 0 Å². The van der Waals surface area contributed by atoms with Gasteiger partial charge in [0, 0.05) is 16.5 Å². The fourth-order valence-electron chi connectivity index (χ4n) is 2.97. The molecule has 1 aliphatic heterocycles. The van der Waals surface area contributed by atoms with Gasteiger partial charge in [0.25, 0.3) is 5.91 Å². The first-order valence-electron chi connectivity index (χ1n) is 8.50. The number of rotatable bonds is 4. The molecule has 31 heavy (non-hydrogen) atoms. The zero-order valence-electron chi connectivity index (χ0n) is 15.2. The van der Waals surface area contributed by atoms with Gasteiger partial charge in [-0.3, -0.25) is 4.79 Å². The standard InChI is InChI=1S/C19H12BrF7N2O2/c20-13-8-4-7-12(9-13)15(30)29-16(31,17(21,22)18(23,24)19(25,26)27)10-14(28-29)11-5-2-1-3-6-11/h1-9,31H,10H2. The molecule has 1 atom stereocenters. The van der Waals surface area contributed by atoms with Gasteiger partial charge < -0.3 is 5.11 Å². The van der Waals surface area contributed by atoms with Crippen LogP contribution >= 0.6 is 15.9 Å². The minimum Gasteiger partial charge on any atom is -0.364 e. The second-order valence-electron chi connectivity index (χ2n) is 6.68. The molecule has 1 amide bonds. The Labute approximate surface area is 179 Å². The summed E-state index contributed by atoms with van der Waals surface area (Å²) in [5, 5.41) is 13.7. The number of benzene rings is 2. The summed E-state index contributed by atoms with van der Waals surface area (Å²) in [4.78, 5) is 12.8. The van der Waals surface area contributed by atoms with Gasteiger partial charge in [-0.1, -0.05) is 52.3 Å². The average Bonchev–Trinajstić information content (AvgIpc) is 3.06. The molecule has 0 aromatic heterocycles. The number of hydrogen-bond donors (Lipinski definition) is 1. The molecule has 0 radical (unpaired) electrons. The Hall–Kier alpha value is -2.47. The number of hydrazone groups is 1. The maximum Gasteiger partial charge on any atom is 0.460 e. The number of hydrogen-bond acceptors (Lipinski definition) is 3. The lowest BCUT2D eigenvalue weighted by Crippen LogP contribution is -2.69. The number of carbonyl (C=O) groups excluding carboxylic acids is 1. The van der Waals surface area contributed by atoms with Crippen LogP contribution in [-0.2, 0) is 0 Å². The molecule has 0 saturated heterocycles. The summed E-state index contributed by atoms with van der Waals surface area (Å²) >= 11 is 3.03. The van der Waals surface area contributed by atoms with E-state index >= 15 is 0 Å². The van der Waals surface area contributed by atoms with Crippen molar-refractivity contribution in [2.24, 2.45) is 5.10 Å². The van der Waals surface area contributed by atoms with Crippen molar-refractivity contribution in [3.63, 3.8) is 0 Å². The minimum atomic E-state index is -6.70. The number of carbonyl (C=O) groups is 1. The third kappa shape index (κ3) is 3.71. The van der Waals surface area contributed by atoms with Crippen LogP contribution in [0.15, 0.2) is 64.2 Å². The first-order valence-corrected chi connectivity index (χ1v) is 9.29. The molecule has 1 heterocycles. The number of amides is 1. The van der Waals surface area contributed by atoms with E-state index in [-0.39, 0.29) is 11.1 Å². The molecule has 0 fully saturated rings. The van der Waals surface area contributed by atoms with Gasteiger partial charge in [-0.15, -0.1) is 0 Å². The van der Waals surface area contributed by atoms with E-state index in [1.807, 2.05) is 0 Å². The third-order valence-corrected chi connectivity index (χ3v) is 5.10. The van der Waals surface area contributed by atoms with Gasteiger partial charge in [-0.05, 0) is 23.8 Å². The predicted molar refractivity (Wildman–Crippen MR) is 98.8 cm³/mol. The molecule has 1 N–H and O–H groups in total. The van der Waals surface area contributed by atoms with E-state index in [2.05, 4.69) is 21.0 Å². The minimum absolute atomic E-state index is 0.0524. The van der Waals surface area contributed by atoms with Gasteiger partial charge in [-0.2, -0.15) is 40.8 Å². The fraction of sp³-hybridized carbons (Fsp3) is 0.263. The summed E-state index contributed by atoms with van der Waals surface area (Å²) in [5.41, 5.74) is -5.09. The fourth-order valence-corrected chi connectivity index (χ4v) is 3.37. The first-order chi connectivity index (χ1) is 14.2. The molecule has 1 unspecified atom stereocenters. The van der Waals surface area contributed by atoms with Gasteiger partial charge >= 0.3 is 18.0 Å². The predicted octanol–water partition coefficient (Wildman–Crippen LogP) is 5.22. The molecule has 2 aromatic rings. The molecule has 12 heteroatoms. The Balaban J connectivity index is 2.16. The second-order valence-corrected chi connectivity index (χ2v) is 7.60. The van der Waals surface area contributed by atoms with Crippen LogP contribution in [0.2, 0.25) is 0 Å². The van der Waals surface area contributed by atoms with Crippen molar-refractivity contribution >= 4 is 27.5 Å². The summed E-state index contributed by atoms with van der Waals surface area (Å²) in [5.74, 6) is -14.3. The molecule has 166 valence electrons. The van der Waals surface area contributed by atoms with Crippen molar-refractivity contribution in [1.29, 1.82) is 0 Å². The average molecular weight is 513 g/mol. The highest BCUT2D eigenvalue weighted by molar-refractivity contribution is 9.10. The Morgan fingerprint density at radius 2 is 1.61 bits per heavy atom. The monoisotopic (exact) mass is 512 g/mol. The molecule has 1 aliphatic rings. The largest absolute Gasteiger partial charge is 0.460 e. The molecule has 3 rings (SSSR count). The van der Waals surface area contributed by atoms with Crippen LogP contribution in [0.5, 0.6) is 0 Å². The lowest BCUT2D eigenvalue weighted by atomic mass is 9.91. The number of aliphatic hydroxyl groups is 1. The van der Waals surface area contributed by atoms with Crippen LogP contribution < -0.4 is 0 Å². The molecule has 4 nitrogen and oxygen atoms in total. The summed E-state index contributed by atoms with van der Waals surface area (Å²) in [6.07, 6.45) is -8.17. The van der Waals surface area contributed by atoms with Gasteiger partial charge in [0.05, 0.1) is 5.71 Å². The van der Waals surface area contributed by atoms with E-state index in [1.54, 1.807) is 0 Å². The van der Waals surface area contributed by atoms with Crippen molar-refractivity contribution < 1.29 is 40.6 Å². The summed E-state index contributed by atoms with van der Waals surface area (Å²) in [7, 11) is 0. The summed E-state index contributed by atoms with van der Waals surface area (Å²) in [6.45, 7) is 0. The number of halogens is 8. The van der Waals surface area contributed by atoms with Crippen LogP contribution in [0, 0.1) is 0 Å². The highest BCUT2D eigenvalue weighted by atomic mass is 79.9. The zero-order valence-corrected chi connectivity index (χ0v) is 16.8. The molecule has 0 aliphatic carbocycles. The topological polar surface area (TPSA) is 52.9 Å². The number of nitrogens with zero attached hydrogens (tertiary/aromatic N) is 2. The van der Waals surface area contributed by atoms with Gasteiger partial charge in [0.15, 0.2) is 0 Å².